The van der Waals surface area contributed by atoms with E-state index in [0.717, 1.165) is 4.47 Å². The fraction of sp³-hybridized carbons (Fsp3) is 0.111. The number of hydrogen-bond donors (Lipinski definition) is 1. The molecule has 1 aliphatic heterocycles. The largest absolute Gasteiger partial charge is 0.494 e. The molecule has 2 amide bonds. The van der Waals surface area contributed by atoms with Gasteiger partial charge in [0.2, 0.25) is 5.91 Å². The molecular formula is C18H14BrN3O3S. The fourth-order valence-electron chi connectivity index (χ4n) is 2.45. The quantitative estimate of drug-likeness (QED) is 0.458. The zero-order valence-corrected chi connectivity index (χ0v) is 16.1. The SMILES string of the molecule is COc1ccccc1N=C[C@H]1C(=O)NC(=S)N(c2ccc(Br)cc2)C1=O. The standard InChI is InChI=1S/C18H14BrN3O3S/c1-25-15-5-3-2-4-14(15)20-10-13-16(23)21-18(26)22(17(13)24)12-8-6-11(19)7-9-12/h2-10,13H,1H3,(H,21,23,26)/t13-/m0/s1. The van der Waals surface area contributed by atoms with Crippen molar-refractivity contribution in [2.45, 2.75) is 0 Å². The smallest absolute Gasteiger partial charge is 0.251 e. The van der Waals surface area contributed by atoms with Crippen LogP contribution in [-0.4, -0.2) is 30.3 Å². The van der Waals surface area contributed by atoms with Crippen LogP contribution in [0.25, 0.3) is 0 Å². The Morgan fingerprint density at radius 1 is 1.19 bits per heavy atom. The first kappa shape index (κ1) is 18.2. The Bertz CT molecular complexity index is 899. The van der Waals surface area contributed by atoms with Crippen LogP contribution in [0, 0.1) is 5.92 Å². The van der Waals surface area contributed by atoms with Gasteiger partial charge < -0.3 is 10.1 Å². The number of carbonyl (C=O) groups excluding carboxylic acids is 2. The molecule has 0 saturated carbocycles. The van der Waals surface area contributed by atoms with E-state index in [2.05, 4.69) is 26.2 Å². The van der Waals surface area contributed by atoms with Crippen molar-refractivity contribution < 1.29 is 14.3 Å². The molecule has 2 aromatic rings. The summed E-state index contributed by atoms with van der Waals surface area (Å²) in [6, 6.07) is 14.1. The van der Waals surface area contributed by atoms with Gasteiger partial charge in [0, 0.05) is 10.7 Å². The molecule has 1 fully saturated rings. The summed E-state index contributed by atoms with van der Waals surface area (Å²) in [5, 5.41) is 2.60. The van der Waals surface area contributed by atoms with E-state index in [4.69, 9.17) is 17.0 Å². The van der Waals surface area contributed by atoms with Gasteiger partial charge in [0.15, 0.2) is 11.0 Å². The number of nitrogens with zero attached hydrogens (tertiary/aromatic N) is 2. The highest BCUT2D eigenvalue weighted by Crippen LogP contribution is 2.27. The normalized spacial score (nSPS) is 17.5. The van der Waals surface area contributed by atoms with Crippen LogP contribution in [0.3, 0.4) is 0 Å². The molecule has 1 N–H and O–H groups in total. The summed E-state index contributed by atoms with van der Waals surface area (Å²) >= 11 is 8.51. The van der Waals surface area contributed by atoms with Gasteiger partial charge >= 0.3 is 0 Å². The zero-order chi connectivity index (χ0) is 18.7. The second-order valence-electron chi connectivity index (χ2n) is 5.37. The summed E-state index contributed by atoms with van der Waals surface area (Å²) in [5.41, 5.74) is 1.10. The number of halogens is 1. The second kappa shape index (κ2) is 7.76. The van der Waals surface area contributed by atoms with Crippen LogP contribution < -0.4 is 15.0 Å². The zero-order valence-electron chi connectivity index (χ0n) is 13.7. The predicted octanol–water partition coefficient (Wildman–Crippen LogP) is 3.22. The number of benzene rings is 2. The minimum absolute atomic E-state index is 0.0456. The molecule has 1 atom stereocenters. The minimum Gasteiger partial charge on any atom is -0.494 e. The highest BCUT2D eigenvalue weighted by atomic mass is 79.9. The number of anilines is 1. The lowest BCUT2D eigenvalue weighted by Gasteiger charge is -2.30. The third-order valence-electron chi connectivity index (χ3n) is 3.73. The molecule has 0 spiro atoms. The molecule has 132 valence electrons. The van der Waals surface area contributed by atoms with Crippen molar-refractivity contribution in [2.24, 2.45) is 10.9 Å². The Labute approximate surface area is 164 Å². The van der Waals surface area contributed by atoms with E-state index in [0.29, 0.717) is 17.1 Å². The van der Waals surface area contributed by atoms with E-state index in [-0.39, 0.29) is 5.11 Å². The van der Waals surface area contributed by atoms with Gasteiger partial charge in [0.05, 0.1) is 12.8 Å². The van der Waals surface area contributed by atoms with E-state index in [1.807, 2.05) is 6.07 Å². The van der Waals surface area contributed by atoms with Gasteiger partial charge in [-0.2, -0.15) is 0 Å². The predicted molar refractivity (Wildman–Crippen MR) is 107 cm³/mol. The molecule has 2 aromatic carbocycles. The Hall–Kier alpha value is -2.58. The first-order valence-corrected chi connectivity index (χ1v) is 8.83. The molecule has 0 aliphatic carbocycles. The Balaban J connectivity index is 1.90. The summed E-state index contributed by atoms with van der Waals surface area (Å²) in [7, 11) is 1.53. The average molecular weight is 432 g/mol. The number of rotatable bonds is 4. The summed E-state index contributed by atoms with van der Waals surface area (Å²) in [5.74, 6) is -1.50. The lowest BCUT2D eigenvalue weighted by molar-refractivity contribution is -0.130. The number of ether oxygens (including phenoxy) is 1. The van der Waals surface area contributed by atoms with Crippen LogP contribution in [-0.2, 0) is 9.59 Å². The van der Waals surface area contributed by atoms with Gasteiger partial charge in [-0.1, -0.05) is 28.1 Å². The molecule has 8 heteroatoms. The third-order valence-corrected chi connectivity index (χ3v) is 4.55. The molecule has 0 aromatic heterocycles. The lowest BCUT2D eigenvalue weighted by atomic mass is 10.1. The maximum absolute atomic E-state index is 12.9. The molecule has 0 unspecified atom stereocenters. The first-order valence-electron chi connectivity index (χ1n) is 7.63. The molecule has 26 heavy (non-hydrogen) atoms. The summed E-state index contributed by atoms with van der Waals surface area (Å²) < 4.78 is 6.09. The van der Waals surface area contributed by atoms with Gasteiger partial charge in [0.25, 0.3) is 5.91 Å². The third kappa shape index (κ3) is 3.66. The number of amides is 2. The van der Waals surface area contributed by atoms with E-state index in [1.165, 1.54) is 18.2 Å². The first-order chi connectivity index (χ1) is 12.5. The molecule has 6 nitrogen and oxygen atoms in total. The van der Waals surface area contributed by atoms with Crippen molar-refractivity contribution in [1.82, 2.24) is 5.32 Å². The average Bonchev–Trinajstić information content (AvgIpc) is 2.63. The van der Waals surface area contributed by atoms with Gasteiger partial charge in [0.1, 0.15) is 11.4 Å². The van der Waals surface area contributed by atoms with Crippen LogP contribution in [0.1, 0.15) is 0 Å². The van der Waals surface area contributed by atoms with Gasteiger partial charge in [-0.05, 0) is 48.6 Å². The van der Waals surface area contributed by atoms with Crippen LogP contribution in [0.4, 0.5) is 11.4 Å². The summed E-state index contributed by atoms with van der Waals surface area (Å²) in [6.45, 7) is 0. The van der Waals surface area contributed by atoms with Crippen LogP contribution in [0.15, 0.2) is 58.0 Å². The highest BCUT2D eigenvalue weighted by molar-refractivity contribution is 9.10. The summed E-state index contributed by atoms with van der Waals surface area (Å²) in [6.07, 6.45) is 1.31. The number of thiocarbonyl (C=S) groups is 1. The Morgan fingerprint density at radius 2 is 1.88 bits per heavy atom. The van der Waals surface area contributed by atoms with Gasteiger partial charge in [-0.25, -0.2) is 0 Å². The van der Waals surface area contributed by atoms with Crippen LogP contribution in [0.5, 0.6) is 5.75 Å². The van der Waals surface area contributed by atoms with E-state index >= 15 is 0 Å². The Morgan fingerprint density at radius 3 is 2.58 bits per heavy atom. The second-order valence-corrected chi connectivity index (χ2v) is 6.67. The Kier molecular flexibility index (Phi) is 5.43. The fourth-order valence-corrected chi connectivity index (χ4v) is 3.01. The van der Waals surface area contributed by atoms with Crippen LogP contribution >= 0.6 is 28.1 Å². The van der Waals surface area contributed by atoms with Crippen molar-refractivity contribution in [1.29, 1.82) is 0 Å². The number of aliphatic imine (C=N–C) groups is 1. The molecule has 0 bridgehead atoms. The van der Waals surface area contributed by atoms with E-state index in [9.17, 15) is 9.59 Å². The monoisotopic (exact) mass is 431 g/mol. The van der Waals surface area contributed by atoms with E-state index in [1.54, 1.807) is 42.5 Å². The number of carbonyl (C=O) groups is 2. The highest BCUT2D eigenvalue weighted by Gasteiger charge is 2.38. The van der Waals surface area contributed by atoms with E-state index < -0.39 is 17.7 Å². The number of hydrogen-bond acceptors (Lipinski definition) is 5. The number of nitrogens with one attached hydrogen (secondary N) is 1. The minimum atomic E-state index is -1.09. The van der Waals surface area contributed by atoms with Gasteiger partial charge in [-0.3, -0.25) is 19.5 Å². The summed E-state index contributed by atoms with van der Waals surface area (Å²) in [4.78, 5) is 30.6. The molecular weight excluding hydrogens is 418 g/mol. The van der Waals surface area contributed by atoms with Crippen molar-refractivity contribution in [3.05, 3.63) is 53.0 Å². The van der Waals surface area contributed by atoms with Crippen molar-refractivity contribution in [3.63, 3.8) is 0 Å². The number of para-hydroxylation sites is 2. The maximum atomic E-state index is 12.9. The topological polar surface area (TPSA) is 71.0 Å². The molecule has 1 heterocycles. The molecule has 0 radical (unpaired) electrons. The van der Waals surface area contributed by atoms with Crippen molar-refractivity contribution in [2.75, 3.05) is 12.0 Å². The molecule has 1 saturated heterocycles. The van der Waals surface area contributed by atoms with Gasteiger partial charge in [-0.15, -0.1) is 0 Å². The van der Waals surface area contributed by atoms with Crippen molar-refractivity contribution >= 4 is 62.7 Å². The number of methoxy groups -OCH3 is 1. The molecule has 1 aliphatic rings. The van der Waals surface area contributed by atoms with Crippen LogP contribution in [0.2, 0.25) is 0 Å². The lowest BCUT2D eigenvalue weighted by Crippen LogP contribution is -2.58. The maximum Gasteiger partial charge on any atom is 0.251 e. The van der Waals surface area contributed by atoms with Crippen molar-refractivity contribution in [3.8, 4) is 5.75 Å². The molecule has 3 rings (SSSR count).